The standard InChI is InChI=1S/C15H16FN3O4S/c1-10-13(15(20)21)7-17-14(18-10)9-19(24(2,22)23)8-11-3-5-12(16)6-4-11/h3-7H,8-9H2,1-2H3,(H,20,21). The molecule has 0 saturated carbocycles. The SMILES string of the molecule is Cc1nc(CN(Cc2ccc(F)cc2)S(C)(=O)=O)ncc1C(=O)O. The van der Waals surface area contributed by atoms with Gasteiger partial charge in [-0.15, -0.1) is 0 Å². The van der Waals surface area contributed by atoms with Gasteiger partial charge in [0.2, 0.25) is 10.0 Å². The molecule has 7 nitrogen and oxygen atoms in total. The van der Waals surface area contributed by atoms with Gasteiger partial charge in [0.15, 0.2) is 0 Å². The summed E-state index contributed by atoms with van der Waals surface area (Å²) in [5.74, 6) is -1.37. The first-order valence-electron chi connectivity index (χ1n) is 6.92. The Kier molecular flexibility index (Phi) is 5.25. The first-order chi connectivity index (χ1) is 11.2. The maximum absolute atomic E-state index is 13.0. The topological polar surface area (TPSA) is 100 Å². The molecule has 1 heterocycles. The molecule has 0 saturated heterocycles. The van der Waals surface area contributed by atoms with Crippen molar-refractivity contribution in [3.63, 3.8) is 0 Å². The molecule has 0 fully saturated rings. The lowest BCUT2D eigenvalue weighted by molar-refractivity contribution is 0.0695. The number of hydrogen-bond donors (Lipinski definition) is 1. The van der Waals surface area contributed by atoms with Gasteiger partial charge >= 0.3 is 5.97 Å². The second-order valence-corrected chi connectivity index (χ2v) is 7.23. The van der Waals surface area contributed by atoms with Gasteiger partial charge in [-0.05, 0) is 24.6 Å². The quantitative estimate of drug-likeness (QED) is 0.846. The number of halogens is 1. The number of aromatic carboxylic acids is 1. The number of hydrogen-bond acceptors (Lipinski definition) is 5. The van der Waals surface area contributed by atoms with Gasteiger partial charge in [-0.25, -0.2) is 27.6 Å². The molecule has 2 rings (SSSR count). The number of aromatic nitrogens is 2. The highest BCUT2D eigenvalue weighted by molar-refractivity contribution is 7.88. The molecule has 0 unspecified atom stereocenters. The van der Waals surface area contributed by atoms with Crippen LogP contribution in [0.25, 0.3) is 0 Å². The average molecular weight is 353 g/mol. The van der Waals surface area contributed by atoms with Gasteiger partial charge in [0.1, 0.15) is 11.6 Å². The lowest BCUT2D eigenvalue weighted by atomic mass is 10.2. The van der Waals surface area contributed by atoms with Crippen LogP contribution < -0.4 is 0 Å². The highest BCUT2D eigenvalue weighted by Gasteiger charge is 2.20. The summed E-state index contributed by atoms with van der Waals surface area (Å²) in [5.41, 5.74) is 0.826. The summed E-state index contributed by atoms with van der Waals surface area (Å²) >= 11 is 0. The number of rotatable bonds is 6. The fraction of sp³-hybridized carbons (Fsp3) is 0.267. The Morgan fingerprint density at radius 2 is 1.88 bits per heavy atom. The predicted molar refractivity (Wildman–Crippen MR) is 84.2 cm³/mol. The normalized spacial score (nSPS) is 11.7. The van der Waals surface area contributed by atoms with Crippen LogP contribution in [0.15, 0.2) is 30.5 Å². The summed E-state index contributed by atoms with van der Waals surface area (Å²) in [6.45, 7) is 1.43. The monoisotopic (exact) mass is 353 g/mol. The maximum Gasteiger partial charge on any atom is 0.339 e. The van der Waals surface area contributed by atoms with Crippen molar-refractivity contribution in [1.82, 2.24) is 14.3 Å². The second-order valence-electron chi connectivity index (χ2n) is 5.25. The molecule has 1 aromatic heterocycles. The van der Waals surface area contributed by atoms with E-state index in [1.54, 1.807) is 0 Å². The Hall–Kier alpha value is -2.39. The van der Waals surface area contributed by atoms with Gasteiger partial charge in [0.05, 0.1) is 24.1 Å². The molecule has 0 radical (unpaired) electrons. The third-order valence-corrected chi connectivity index (χ3v) is 4.51. The van der Waals surface area contributed by atoms with E-state index in [1.807, 2.05) is 0 Å². The van der Waals surface area contributed by atoms with E-state index in [0.29, 0.717) is 5.56 Å². The van der Waals surface area contributed by atoms with Crippen molar-refractivity contribution < 1.29 is 22.7 Å². The number of nitrogens with zero attached hydrogens (tertiary/aromatic N) is 3. The fourth-order valence-corrected chi connectivity index (χ4v) is 2.78. The van der Waals surface area contributed by atoms with E-state index >= 15 is 0 Å². The summed E-state index contributed by atoms with van der Waals surface area (Å²) < 4.78 is 38.0. The first-order valence-corrected chi connectivity index (χ1v) is 8.77. The molecule has 0 bridgehead atoms. The minimum absolute atomic E-state index is 0.0300. The summed E-state index contributed by atoms with van der Waals surface area (Å²) in [5, 5.41) is 8.97. The van der Waals surface area contributed by atoms with Gasteiger partial charge in [-0.1, -0.05) is 12.1 Å². The van der Waals surface area contributed by atoms with E-state index in [9.17, 15) is 17.6 Å². The van der Waals surface area contributed by atoms with Gasteiger partial charge in [-0.2, -0.15) is 4.31 Å². The van der Waals surface area contributed by atoms with E-state index in [0.717, 1.165) is 16.8 Å². The predicted octanol–water partition coefficient (Wildman–Crippen LogP) is 1.58. The van der Waals surface area contributed by atoms with Crippen LogP contribution in [0.3, 0.4) is 0 Å². The fourth-order valence-electron chi connectivity index (χ4n) is 2.04. The summed E-state index contributed by atoms with van der Waals surface area (Å²) in [6.07, 6.45) is 2.20. The minimum atomic E-state index is -3.57. The van der Waals surface area contributed by atoms with E-state index in [-0.39, 0.29) is 30.2 Å². The van der Waals surface area contributed by atoms with Crippen LogP contribution in [-0.4, -0.2) is 40.0 Å². The molecule has 24 heavy (non-hydrogen) atoms. The van der Waals surface area contributed by atoms with Crippen LogP contribution in [0.1, 0.15) is 27.4 Å². The molecule has 0 aliphatic rings. The van der Waals surface area contributed by atoms with Crippen molar-refractivity contribution in [2.75, 3.05) is 6.26 Å². The van der Waals surface area contributed by atoms with E-state index in [2.05, 4.69) is 9.97 Å². The molecule has 0 atom stereocenters. The van der Waals surface area contributed by atoms with E-state index in [1.165, 1.54) is 31.2 Å². The van der Waals surface area contributed by atoms with Gasteiger partial charge < -0.3 is 5.11 Å². The van der Waals surface area contributed by atoms with Crippen LogP contribution in [0.5, 0.6) is 0 Å². The molecule has 0 spiro atoms. The van der Waals surface area contributed by atoms with Crippen molar-refractivity contribution >= 4 is 16.0 Å². The average Bonchev–Trinajstić information content (AvgIpc) is 2.47. The molecule has 0 aliphatic heterocycles. The largest absolute Gasteiger partial charge is 0.478 e. The lowest BCUT2D eigenvalue weighted by Gasteiger charge is -2.19. The zero-order valence-electron chi connectivity index (χ0n) is 13.1. The number of carboxylic acids is 1. The number of carboxylic acid groups (broad SMARTS) is 1. The van der Waals surface area contributed by atoms with Crippen molar-refractivity contribution in [2.45, 2.75) is 20.0 Å². The summed E-state index contributed by atoms with van der Waals surface area (Å²) in [7, 11) is -3.57. The number of aryl methyl sites for hydroxylation is 1. The Morgan fingerprint density at radius 3 is 2.38 bits per heavy atom. The number of sulfonamides is 1. The Morgan fingerprint density at radius 1 is 1.25 bits per heavy atom. The third-order valence-electron chi connectivity index (χ3n) is 3.32. The molecule has 128 valence electrons. The Bertz CT molecular complexity index is 854. The van der Waals surface area contributed by atoms with Crippen LogP contribution in [0, 0.1) is 12.7 Å². The van der Waals surface area contributed by atoms with Gasteiger partial charge in [0.25, 0.3) is 0 Å². The van der Waals surface area contributed by atoms with Crippen molar-refractivity contribution in [3.8, 4) is 0 Å². The minimum Gasteiger partial charge on any atom is -0.478 e. The Labute approximate surface area is 138 Å². The first kappa shape index (κ1) is 18.0. The van der Waals surface area contributed by atoms with Crippen molar-refractivity contribution in [1.29, 1.82) is 0 Å². The van der Waals surface area contributed by atoms with Crippen LogP contribution in [0.4, 0.5) is 4.39 Å². The molecule has 0 aliphatic carbocycles. The molecule has 1 aromatic carbocycles. The highest BCUT2D eigenvalue weighted by Crippen LogP contribution is 2.13. The zero-order chi connectivity index (χ0) is 17.9. The van der Waals surface area contributed by atoms with Crippen molar-refractivity contribution in [3.05, 3.63) is 58.9 Å². The molecule has 1 N–H and O–H groups in total. The zero-order valence-corrected chi connectivity index (χ0v) is 13.9. The van der Waals surface area contributed by atoms with E-state index < -0.39 is 21.8 Å². The number of carbonyl (C=O) groups is 1. The third kappa shape index (κ3) is 4.56. The van der Waals surface area contributed by atoms with Crippen LogP contribution in [0.2, 0.25) is 0 Å². The number of benzene rings is 1. The molecule has 2 aromatic rings. The molecular formula is C15H16FN3O4S. The molecular weight excluding hydrogens is 337 g/mol. The molecule has 0 amide bonds. The highest BCUT2D eigenvalue weighted by atomic mass is 32.2. The lowest BCUT2D eigenvalue weighted by Crippen LogP contribution is -2.30. The van der Waals surface area contributed by atoms with Crippen LogP contribution in [-0.2, 0) is 23.1 Å². The smallest absolute Gasteiger partial charge is 0.339 e. The summed E-state index contributed by atoms with van der Waals surface area (Å²) in [6, 6.07) is 5.48. The van der Waals surface area contributed by atoms with Gasteiger partial charge in [0, 0.05) is 12.7 Å². The van der Waals surface area contributed by atoms with Crippen molar-refractivity contribution in [2.24, 2.45) is 0 Å². The van der Waals surface area contributed by atoms with Gasteiger partial charge in [-0.3, -0.25) is 0 Å². The summed E-state index contributed by atoms with van der Waals surface area (Å²) in [4.78, 5) is 18.9. The molecule has 9 heteroatoms. The van der Waals surface area contributed by atoms with Crippen LogP contribution >= 0.6 is 0 Å². The van der Waals surface area contributed by atoms with E-state index in [4.69, 9.17) is 5.11 Å². The second kappa shape index (κ2) is 7.02. The maximum atomic E-state index is 13.0. The Balaban J connectivity index is 2.25.